The van der Waals surface area contributed by atoms with Gasteiger partial charge in [-0.2, -0.15) is 4.98 Å². The number of nitrogens with zero attached hydrogens (tertiary/aromatic N) is 2. The van der Waals surface area contributed by atoms with Crippen LogP contribution in [0.2, 0.25) is 0 Å². The maximum atomic E-state index is 5.33. The van der Waals surface area contributed by atoms with Crippen molar-refractivity contribution in [2.75, 3.05) is 13.1 Å². The molecule has 1 N–H and O–H groups in total. The molecule has 1 aliphatic heterocycles. The van der Waals surface area contributed by atoms with Crippen molar-refractivity contribution in [1.29, 1.82) is 0 Å². The zero-order chi connectivity index (χ0) is 10.1. The topological polar surface area (TPSA) is 51.0 Å². The number of aromatic nitrogens is 2. The Morgan fingerprint density at radius 2 is 2.00 bits per heavy atom. The second-order valence-electron chi connectivity index (χ2n) is 4.66. The molecule has 3 rings (SSSR count). The first-order valence-corrected chi connectivity index (χ1v) is 5.97. The molecule has 4 heteroatoms. The lowest BCUT2D eigenvalue weighted by Gasteiger charge is -2.21. The summed E-state index contributed by atoms with van der Waals surface area (Å²) in [4.78, 5) is 4.54. The third kappa shape index (κ3) is 1.78. The SMILES string of the molecule is C1CC(c2nc([C@H]3CCCNC3)no2)C1. The predicted molar refractivity (Wildman–Crippen MR) is 55.7 cm³/mol. The van der Waals surface area contributed by atoms with Crippen molar-refractivity contribution >= 4 is 0 Å². The molecule has 1 aliphatic carbocycles. The quantitative estimate of drug-likeness (QED) is 0.803. The van der Waals surface area contributed by atoms with Gasteiger partial charge in [0.1, 0.15) is 0 Å². The van der Waals surface area contributed by atoms with Crippen LogP contribution in [-0.4, -0.2) is 23.2 Å². The van der Waals surface area contributed by atoms with E-state index >= 15 is 0 Å². The van der Waals surface area contributed by atoms with E-state index in [4.69, 9.17) is 4.52 Å². The maximum Gasteiger partial charge on any atom is 0.229 e. The van der Waals surface area contributed by atoms with Gasteiger partial charge in [0.25, 0.3) is 0 Å². The van der Waals surface area contributed by atoms with Gasteiger partial charge >= 0.3 is 0 Å². The summed E-state index contributed by atoms with van der Waals surface area (Å²) in [7, 11) is 0. The van der Waals surface area contributed by atoms with Crippen molar-refractivity contribution in [2.24, 2.45) is 0 Å². The largest absolute Gasteiger partial charge is 0.339 e. The van der Waals surface area contributed by atoms with Gasteiger partial charge in [0.2, 0.25) is 5.89 Å². The predicted octanol–water partition coefficient (Wildman–Crippen LogP) is 1.80. The molecule has 1 aromatic heterocycles. The van der Waals surface area contributed by atoms with Crippen LogP contribution in [0, 0.1) is 0 Å². The zero-order valence-electron chi connectivity index (χ0n) is 8.91. The standard InChI is InChI=1S/C11H17N3O/c1-3-8(4-1)11-13-10(14-15-11)9-5-2-6-12-7-9/h8-9,12H,1-7H2/t9-/m0/s1. The minimum absolute atomic E-state index is 0.469. The van der Waals surface area contributed by atoms with Crippen molar-refractivity contribution in [2.45, 2.75) is 43.9 Å². The van der Waals surface area contributed by atoms with E-state index in [1.54, 1.807) is 0 Å². The Balaban J connectivity index is 1.71. The number of hydrogen-bond acceptors (Lipinski definition) is 4. The number of hydrogen-bond donors (Lipinski definition) is 1. The first kappa shape index (κ1) is 9.33. The summed E-state index contributed by atoms with van der Waals surface area (Å²) in [5, 5.41) is 7.49. The van der Waals surface area contributed by atoms with Crippen LogP contribution in [0.4, 0.5) is 0 Å². The number of rotatable bonds is 2. The Kier molecular flexibility index (Phi) is 2.44. The summed E-state index contributed by atoms with van der Waals surface area (Å²) in [6.07, 6.45) is 6.18. The van der Waals surface area contributed by atoms with Crippen molar-refractivity contribution in [3.63, 3.8) is 0 Å². The minimum Gasteiger partial charge on any atom is -0.339 e. The van der Waals surface area contributed by atoms with E-state index in [1.807, 2.05) is 0 Å². The van der Waals surface area contributed by atoms with Crippen LogP contribution in [0.3, 0.4) is 0 Å². The molecule has 2 fully saturated rings. The van der Waals surface area contributed by atoms with Gasteiger partial charge in [-0.3, -0.25) is 0 Å². The monoisotopic (exact) mass is 207 g/mol. The van der Waals surface area contributed by atoms with Gasteiger partial charge in [-0.05, 0) is 32.2 Å². The van der Waals surface area contributed by atoms with Gasteiger partial charge < -0.3 is 9.84 Å². The molecule has 0 radical (unpaired) electrons. The summed E-state index contributed by atoms with van der Waals surface area (Å²) >= 11 is 0. The summed E-state index contributed by atoms with van der Waals surface area (Å²) in [6.45, 7) is 2.13. The Morgan fingerprint density at radius 1 is 1.13 bits per heavy atom. The van der Waals surface area contributed by atoms with Gasteiger partial charge in [-0.1, -0.05) is 11.6 Å². The van der Waals surface area contributed by atoms with E-state index in [1.165, 1.54) is 32.1 Å². The summed E-state index contributed by atoms with van der Waals surface area (Å²) in [5.41, 5.74) is 0. The summed E-state index contributed by atoms with van der Waals surface area (Å²) in [6, 6.07) is 0. The van der Waals surface area contributed by atoms with Gasteiger partial charge in [-0.15, -0.1) is 0 Å². The van der Waals surface area contributed by atoms with Gasteiger partial charge in [0.15, 0.2) is 5.82 Å². The van der Waals surface area contributed by atoms with Gasteiger partial charge in [0, 0.05) is 18.4 Å². The van der Waals surface area contributed by atoms with Crippen LogP contribution in [0.1, 0.15) is 55.7 Å². The molecule has 4 nitrogen and oxygen atoms in total. The van der Waals surface area contributed by atoms with E-state index in [0.29, 0.717) is 11.8 Å². The van der Waals surface area contributed by atoms with Crippen LogP contribution in [0.15, 0.2) is 4.52 Å². The third-order valence-corrected chi connectivity index (χ3v) is 3.57. The van der Waals surface area contributed by atoms with Gasteiger partial charge in [-0.25, -0.2) is 0 Å². The molecule has 0 amide bonds. The van der Waals surface area contributed by atoms with E-state index in [-0.39, 0.29) is 0 Å². The first-order chi connectivity index (χ1) is 7.43. The van der Waals surface area contributed by atoms with E-state index in [0.717, 1.165) is 24.8 Å². The fraction of sp³-hybridized carbons (Fsp3) is 0.818. The highest BCUT2D eigenvalue weighted by Crippen LogP contribution is 2.35. The van der Waals surface area contributed by atoms with Crippen LogP contribution < -0.4 is 5.32 Å². The molecule has 1 atom stereocenters. The highest BCUT2D eigenvalue weighted by atomic mass is 16.5. The van der Waals surface area contributed by atoms with Crippen molar-refractivity contribution < 1.29 is 4.52 Å². The number of nitrogens with one attached hydrogen (secondary N) is 1. The first-order valence-electron chi connectivity index (χ1n) is 5.97. The van der Waals surface area contributed by atoms with E-state index in [9.17, 15) is 0 Å². The lowest BCUT2D eigenvalue weighted by atomic mass is 9.85. The van der Waals surface area contributed by atoms with Crippen LogP contribution in [-0.2, 0) is 0 Å². The van der Waals surface area contributed by atoms with E-state index < -0.39 is 0 Å². The molecular formula is C11H17N3O. The summed E-state index contributed by atoms with van der Waals surface area (Å²) in [5.74, 6) is 2.82. The summed E-state index contributed by atoms with van der Waals surface area (Å²) < 4.78 is 5.33. The number of piperidine rings is 1. The van der Waals surface area contributed by atoms with Crippen molar-refractivity contribution in [1.82, 2.24) is 15.5 Å². The second kappa shape index (κ2) is 3.93. The molecular weight excluding hydrogens is 190 g/mol. The minimum atomic E-state index is 0.469. The molecule has 0 spiro atoms. The molecule has 0 unspecified atom stereocenters. The van der Waals surface area contributed by atoms with Crippen molar-refractivity contribution in [3.8, 4) is 0 Å². The molecule has 15 heavy (non-hydrogen) atoms. The average Bonchev–Trinajstić information content (AvgIpc) is 2.66. The lowest BCUT2D eigenvalue weighted by molar-refractivity contribution is 0.289. The fourth-order valence-electron chi connectivity index (χ4n) is 2.31. The molecule has 0 aromatic carbocycles. The highest BCUT2D eigenvalue weighted by Gasteiger charge is 2.27. The third-order valence-electron chi connectivity index (χ3n) is 3.57. The molecule has 2 aliphatic rings. The molecule has 1 saturated carbocycles. The molecule has 2 heterocycles. The Hall–Kier alpha value is -0.900. The smallest absolute Gasteiger partial charge is 0.229 e. The molecule has 1 aromatic rings. The Bertz CT molecular complexity index is 326. The van der Waals surface area contributed by atoms with E-state index in [2.05, 4.69) is 15.5 Å². The fourth-order valence-corrected chi connectivity index (χ4v) is 2.31. The zero-order valence-corrected chi connectivity index (χ0v) is 8.91. The average molecular weight is 207 g/mol. The van der Waals surface area contributed by atoms with Crippen LogP contribution in [0.25, 0.3) is 0 Å². The lowest BCUT2D eigenvalue weighted by Crippen LogP contribution is -2.29. The molecule has 82 valence electrons. The van der Waals surface area contributed by atoms with Gasteiger partial charge in [0.05, 0.1) is 0 Å². The van der Waals surface area contributed by atoms with Crippen LogP contribution in [0.5, 0.6) is 0 Å². The Morgan fingerprint density at radius 3 is 2.67 bits per heavy atom. The Labute approximate surface area is 89.4 Å². The highest BCUT2D eigenvalue weighted by molar-refractivity contribution is 5.03. The second-order valence-corrected chi connectivity index (χ2v) is 4.66. The normalized spacial score (nSPS) is 27.6. The van der Waals surface area contributed by atoms with Crippen LogP contribution >= 0.6 is 0 Å². The van der Waals surface area contributed by atoms with Crippen molar-refractivity contribution in [3.05, 3.63) is 11.7 Å². The molecule has 0 bridgehead atoms. The molecule has 1 saturated heterocycles. The maximum absolute atomic E-state index is 5.33.